The maximum absolute atomic E-state index is 14.2. The van der Waals surface area contributed by atoms with Crippen LogP contribution in [-0.2, 0) is 4.79 Å². The van der Waals surface area contributed by atoms with E-state index in [0.717, 1.165) is 74.0 Å². The van der Waals surface area contributed by atoms with E-state index in [2.05, 4.69) is 41.3 Å². The molecule has 0 bridgehead atoms. The molecule has 6 rings (SSSR count). The average molecular weight is 584 g/mol. The second-order valence-electron chi connectivity index (χ2n) is 11.6. The molecular formula is C30H36BrFN4O2. The number of hydrogen-bond acceptors (Lipinski definition) is 4. The Morgan fingerprint density at radius 2 is 1.95 bits per heavy atom. The van der Waals surface area contributed by atoms with Crippen LogP contribution >= 0.6 is 15.9 Å². The van der Waals surface area contributed by atoms with Crippen molar-refractivity contribution in [3.8, 4) is 0 Å². The van der Waals surface area contributed by atoms with Crippen molar-refractivity contribution in [3.63, 3.8) is 0 Å². The van der Waals surface area contributed by atoms with Crippen molar-refractivity contribution in [2.24, 2.45) is 11.8 Å². The Hall–Kier alpha value is -2.29. The lowest BCUT2D eigenvalue weighted by atomic mass is 9.80. The van der Waals surface area contributed by atoms with Gasteiger partial charge in [-0.3, -0.25) is 9.69 Å². The molecule has 1 N–H and O–H groups in total. The molecule has 0 amide bonds. The lowest BCUT2D eigenvalue weighted by Crippen LogP contribution is -2.43. The number of carboxylic acids is 1. The fraction of sp³-hybridized carbons (Fsp3) is 0.533. The first-order chi connectivity index (χ1) is 18.4. The van der Waals surface area contributed by atoms with Crippen molar-refractivity contribution in [1.29, 1.82) is 0 Å². The van der Waals surface area contributed by atoms with Crippen LogP contribution in [-0.4, -0.2) is 69.0 Å². The van der Waals surface area contributed by atoms with E-state index in [-0.39, 0.29) is 17.7 Å². The number of fused-ring (bicyclic) bond motifs is 1. The van der Waals surface area contributed by atoms with Gasteiger partial charge in [0.2, 0.25) is 0 Å². The minimum Gasteiger partial charge on any atom is -0.480 e. The van der Waals surface area contributed by atoms with Crippen molar-refractivity contribution < 1.29 is 14.3 Å². The lowest BCUT2D eigenvalue weighted by molar-refractivity contribution is -0.144. The van der Waals surface area contributed by atoms with Crippen molar-refractivity contribution in [1.82, 2.24) is 19.2 Å². The second kappa shape index (κ2) is 11.1. The summed E-state index contributed by atoms with van der Waals surface area (Å²) in [6.07, 6.45) is 10.5. The number of carboxylic acid groups (broad SMARTS) is 1. The highest BCUT2D eigenvalue weighted by molar-refractivity contribution is 9.10. The predicted octanol–water partition coefficient (Wildman–Crippen LogP) is 5.77. The van der Waals surface area contributed by atoms with Gasteiger partial charge in [0, 0.05) is 54.0 Å². The van der Waals surface area contributed by atoms with Gasteiger partial charge in [-0.05, 0) is 89.9 Å². The van der Waals surface area contributed by atoms with Gasteiger partial charge < -0.3 is 14.4 Å². The summed E-state index contributed by atoms with van der Waals surface area (Å²) in [7, 11) is 0. The second-order valence-corrected chi connectivity index (χ2v) is 12.5. The fourth-order valence-corrected chi connectivity index (χ4v) is 7.26. The van der Waals surface area contributed by atoms with Gasteiger partial charge in [-0.25, -0.2) is 9.37 Å². The van der Waals surface area contributed by atoms with Gasteiger partial charge in [0.05, 0.1) is 0 Å². The van der Waals surface area contributed by atoms with E-state index in [0.29, 0.717) is 18.4 Å². The van der Waals surface area contributed by atoms with E-state index in [1.165, 1.54) is 18.2 Å². The standard InChI is InChI=1S/C30H36BrFN4O2/c31-24-7-8-29-33-15-28(36(29)18-24)21-9-11-34(12-10-21)16-23-17-35(27(30(37)38)13-20-3-1-4-20)19-26(23)22-5-2-6-25(32)14-22/h2,5-8,14-15,18,20-21,23,26-27H,1,3-4,9-13,16-17,19H2,(H,37,38). The first-order valence-corrected chi connectivity index (χ1v) is 14.8. The number of likely N-dealkylation sites (tertiary alicyclic amines) is 2. The van der Waals surface area contributed by atoms with Gasteiger partial charge in [0.25, 0.3) is 0 Å². The minimum atomic E-state index is -0.712. The average Bonchev–Trinajstić information content (AvgIpc) is 3.48. The van der Waals surface area contributed by atoms with Crippen molar-refractivity contribution in [3.05, 3.63) is 70.3 Å². The summed E-state index contributed by atoms with van der Waals surface area (Å²) in [5.41, 5.74) is 3.24. The van der Waals surface area contributed by atoms with Crippen LogP contribution in [0.15, 0.2) is 53.3 Å². The molecule has 3 fully saturated rings. The molecule has 0 spiro atoms. The summed E-state index contributed by atoms with van der Waals surface area (Å²) in [5.74, 6) is 0.488. The third-order valence-corrected chi connectivity index (χ3v) is 9.72. The van der Waals surface area contributed by atoms with E-state index >= 15 is 0 Å². The van der Waals surface area contributed by atoms with Gasteiger partial charge in [-0.15, -0.1) is 0 Å². The quantitative estimate of drug-likeness (QED) is 0.365. The van der Waals surface area contributed by atoms with Crippen molar-refractivity contribution in [2.75, 3.05) is 32.7 Å². The zero-order chi connectivity index (χ0) is 26.2. The molecule has 2 aliphatic heterocycles. The Kier molecular flexibility index (Phi) is 7.56. The number of benzene rings is 1. The van der Waals surface area contributed by atoms with Gasteiger partial charge in [-0.2, -0.15) is 0 Å². The predicted molar refractivity (Wildman–Crippen MR) is 149 cm³/mol. The Morgan fingerprint density at radius 1 is 1.13 bits per heavy atom. The number of rotatable bonds is 8. The summed E-state index contributed by atoms with van der Waals surface area (Å²) in [5, 5.41) is 10.1. The van der Waals surface area contributed by atoms with E-state index in [1.54, 1.807) is 12.1 Å². The smallest absolute Gasteiger partial charge is 0.320 e. The molecule has 1 aliphatic carbocycles. The highest BCUT2D eigenvalue weighted by Gasteiger charge is 2.41. The molecule has 0 radical (unpaired) electrons. The monoisotopic (exact) mass is 582 g/mol. The van der Waals surface area contributed by atoms with Crippen LogP contribution < -0.4 is 0 Å². The van der Waals surface area contributed by atoms with Crippen LogP contribution in [0.5, 0.6) is 0 Å². The van der Waals surface area contributed by atoms with Crippen LogP contribution in [0.4, 0.5) is 4.39 Å². The molecule has 1 saturated carbocycles. The van der Waals surface area contributed by atoms with Crippen LogP contribution in [0, 0.1) is 17.7 Å². The summed E-state index contributed by atoms with van der Waals surface area (Å²) >= 11 is 3.59. The molecular weight excluding hydrogens is 547 g/mol. The molecule has 4 heterocycles. The van der Waals surface area contributed by atoms with Crippen LogP contribution in [0.1, 0.15) is 61.6 Å². The number of pyridine rings is 1. The molecule has 1 aromatic carbocycles. The molecule has 8 heteroatoms. The van der Waals surface area contributed by atoms with Gasteiger partial charge in [0.15, 0.2) is 0 Å². The highest BCUT2D eigenvalue weighted by atomic mass is 79.9. The van der Waals surface area contributed by atoms with Crippen molar-refractivity contribution >= 4 is 27.5 Å². The molecule has 202 valence electrons. The first kappa shape index (κ1) is 26.0. The maximum atomic E-state index is 14.2. The van der Waals surface area contributed by atoms with E-state index in [4.69, 9.17) is 0 Å². The molecule has 6 nitrogen and oxygen atoms in total. The molecule has 3 atom stereocenters. The summed E-state index contributed by atoms with van der Waals surface area (Å²) < 4.78 is 17.5. The maximum Gasteiger partial charge on any atom is 0.320 e. The molecule has 2 saturated heterocycles. The highest BCUT2D eigenvalue weighted by Crippen LogP contribution is 2.39. The van der Waals surface area contributed by atoms with Crippen LogP contribution in [0.25, 0.3) is 5.65 Å². The van der Waals surface area contributed by atoms with Gasteiger partial charge in [0.1, 0.15) is 17.5 Å². The Bertz CT molecular complexity index is 1290. The molecule has 3 aromatic rings. The summed E-state index contributed by atoms with van der Waals surface area (Å²) in [6, 6.07) is 10.6. The third kappa shape index (κ3) is 5.40. The third-order valence-electron chi connectivity index (χ3n) is 9.25. The number of aliphatic carboxylic acids is 1. The number of carbonyl (C=O) groups is 1. The molecule has 3 aliphatic rings. The van der Waals surface area contributed by atoms with Crippen molar-refractivity contribution in [2.45, 2.75) is 56.4 Å². The SMILES string of the molecule is O=C(O)C(CC1CCC1)N1CC(CN2CCC(c3cnc4ccc(Br)cn34)CC2)C(c2cccc(F)c2)C1. The van der Waals surface area contributed by atoms with E-state index in [1.807, 2.05) is 24.4 Å². The number of imidazole rings is 1. The number of aromatic nitrogens is 2. The summed E-state index contributed by atoms with van der Waals surface area (Å²) in [4.78, 5) is 21.6. The van der Waals surface area contributed by atoms with Crippen LogP contribution in [0.3, 0.4) is 0 Å². The number of halogens is 2. The lowest BCUT2D eigenvalue weighted by Gasteiger charge is -2.35. The topological polar surface area (TPSA) is 61.1 Å². The van der Waals surface area contributed by atoms with Gasteiger partial charge >= 0.3 is 5.97 Å². The zero-order valence-corrected chi connectivity index (χ0v) is 23.3. The molecule has 2 aromatic heterocycles. The van der Waals surface area contributed by atoms with Crippen LogP contribution in [0.2, 0.25) is 0 Å². The van der Waals surface area contributed by atoms with Gasteiger partial charge in [-0.1, -0.05) is 31.4 Å². The number of hydrogen-bond donors (Lipinski definition) is 1. The zero-order valence-electron chi connectivity index (χ0n) is 21.7. The van der Waals surface area contributed by atoms with E-state index < -0.39 is 12.0 Å². The first-order valence-electron chi connectivity index (χ1n) is 14.0. The number of nitrogens with zero attached hydrogens (tertiary/aromatic N) is 4. The largest absolute Gasteiger partial charge is 0.480 e. The normalized spacial score (nSPS) is 24.6. The molecule has 38 heavy (non-hydrogen) atoms. The molecule has 3 unspecified atom stereocenters. The Labute approximate surface area is 232 Å². The summed E-state index contributed by atoms with van der Waals surface area (Å²) in [6.45, 7) is 4.36. The Morgan fingerprint density at radius 3 is 2.66 bits per heavy atom. The minimum absolute atomic E-state index is 0.141. The number of piperidine rings is 1. The fourth-order valence-electron chi connectivity index (χ4n) is 6.93. The Balaban J connectivity index is 1.15. The van der Waals surface area contributed by atoms with E-state index in [9.17, 15) is 14.3 Å².